The van der Waals surface area contributed by atoms with Crippen molar-refractivity contribution < 1.29 is 4.79 Å². The van der Waals surface area contributed by atoms with Crippen LogP contribution < -0.4 is 21.0 Å². The van der Waals surface area contributed by atoms with Gasteiger partial charge in [-0.15, -0.1) is 0 Å². The first-order valence-electron chi connectivity index (χ1n) is 11.7. The summed E-state index contributed by atoms with van der Waals surface area (Å²) in [5.41, 5.74) is 2.53. The molecule has 1 aromatic carbocycles. The summed E-state index contributed by atoms with van der Waals surface area (Å²) in [6.07, 6.45) is 6.23. The minimum Gasteiger partial charge on any atom is -0.335 e. The molecule has 0 bridgehead atoms. The molecule has 0 spiro atoms. The Morgan fingerprint density at radius 1 is 1.12 bits per heavy atom. The number of para-hydroxylation sites is 1. The van der Waals surface area contributed by atoms with Crippen molar-refractivity contribution in [3.8, 4) is 0 Å². The molecular weight excluding hydrogens is 416 g/mol. The van der Waals surface area contributed by atoms with Gasteiger partial charge in [0, 0.05) is 43.8 Å². The summed E-state index contributed by atoms with van der Waals surface area (Å²) >= 11 is 0. The van der Waals surface area contributed by atoms with E-state index in [1.54, 1.807) is 0 Å². The molecule has 9 nitrogen and oxygen atoms in total. The van der Waals surface area contributed by atoms with Crippen LogP contribution in [0, 0.1) is 6.92 Å². The number of benzene rings is 1. The van der Waals surface area contributed by atoms with Gasteiger partial charge >= 0.3 is 6.03 Å². The maximum absolute atomic E-state index is 12.5. The van der Waals surface area contributed by atoms with Gasteiger partial charge < -0.3 is 10.6 Å². The maximum atomic E-state index is 12.5. The van der Waals surface area contributed by atoms with Crippen molar-refractivity contribution in [2.75, 3.05) is 36.5 Å². The number of aromatic nitrogens is 3. The predicted octanol–water partition coefficient (Wildman–Crippen LogP) is 3.36. The smallest absolute Gasteiger partial charge is 0.320 e. The summed E-state index contributed by atoms with van der Waals surface area (Å²) < 4.78 is 0. The topological polar surface area (TPSA) is 98.3 Å². The lowest BCUT2D eigenvalue weighted by atomic mass is 10.2. The Kier molecular flexibility index (Phi) is 6.32. The standard InChI is InChI=1S/C24H30N8O/c1-17-15-21(29-24(33)27-18-7-5-6-8-18)28-22-20(17)16-26-23(30-22)32(19-9-3-2-4-10-19)31-13-11-25-12-14-31/h2-4,9-10,15-16,18,25H,5-8,11-14H2,1H3,(H2,26,27,28,29,30,33). The average Bonchev–Trinajstić information content (AvgIpc) is 3.33. The monoisotopic (exact) mass is 446 g/mol. The van der Waals surface area contributed by atoms with E-state index in [0.717, 1.165) is 55.7 Å². The number of amides is 2. The van der Waals surface area contributed by atoms with Gasteiger partial charge in [-0.25, -0.2) is 24.8 Å². The van der Waals surface area contributed by atoms with Crippen molar-refractivity contribution >= 4 is 34.5 Å². The number of nitrogens with one attached hydrogen (secondary N) is 3. The lowest BCUT2D eigenvalue weighted by Gasteiger charge is -2.37. The third-order valence-corrected chi connectivity index (χ3v) is 6.26. The number of rotatable bonds is 5. The van der Waals surface area contributed by atoms with Gasteiger partial charge in [-0.2, -0.15) is 4.98 Å². The Morgan fingerprint density at radius 2 is 1.88 bits per heavy atom. The first kappa shape index (κ1) is 21.5. The highest BCUT2D eigenvalue weighted by Gasteiger charge is 2.23. The van der Waals surface area contributed by atoms with Crippen LogP contribution in [0.25, 0.3) is 11.0 Å². The van der Waals surface area contributed by atoms with Crippen LogP contribution in [0.3, 0.4) is 0 Å². The van der Waals surface area contributed by atoms with E-state index < -0.39 is 0 Å². The van der Waals surface area contributed by atoms with Crippen molar-refractivity contribution in [3.63, 3.8) is 0 Å². The van der Waals surface area contributed by atoms with Gasteiger partial charge in [-0.05, 0) is 43.5 Å². The van der Waals surface area contributed by atoms with Gasteiger partial charge in [-0.1, -0.05) is 31.0 Å². The number of hydrogen-bond donors (Lipinski definition) is 3. The normalized spacial score (nSPS) is 17.2. The molecule has 5 rings (SSSR count). The van der Waals surface area contributed by atoms with Gasteiger partial charge in [0.25, 0.3) is 0 Å². The van der Waals surface area contributed by atoms with Crippen molar-refractivity contribution in [1.82, 2.24) is 30.6 Å². The molecule has 33 heavy (non-hydrogen) atoms. The van der Waals surface area contributed by atoms with Gasteiger partial charge in [-0.3, -0.25) is 5.32 Å². The largest absolute Gasteiger partial charge is 0.335 e. The van der Waals surface area contributed by atoms with E-state index in [0.29, 0.717) is 17.4 Å². The molecule has 1 saturated carbocycles. The molecule has 3 aromatic rings. The van der Waals surface area contributed by atoms with E-state index in [-0.39, 0.29) is 12.1 Å². The lowest BCUT2D eigenvalue weighted by molar-refractivity contribution is 0.240. The lowest BCUT2D eigenvalue weighted by Crippen LogP contribution is -2.51. The third kappa shape index (κ3) is 4.89. The second kappa shape index (κ2) is 9.68. The summed E-state index contributed by atoms with van der Waals surface area (Å²) in [7, 11) is 0. The van der Waals surface area contributed by atoms with E-state index in [4.69, 9.17) is 9.97 Å². The minimum atomic E-state index is -0.214. The zero-order valence-electron chi connectivity index (χ0n) is 18.9. The Labute approximate surface area is 193 Å². The van der Waals surface area contributed by atoms with Gasteiger partial charge in [0.1, 0.15) is 5.82 Å². The number of piperazine rings is 1. The summed E-state index contributed by atoms with van der Waals surface area (Å²) in [5, 5.41) is 14.5. The first-order chi connectivity index (χ1) is 16.2. The maximum Gasteiger partial charge on any atom is 0.320 e. The SMILES string of the molecule is Cc1cc(NC(=O)NC2CCCC2)nc2nc(N(c3ccccc3)N3CCNCC3)ncc12. The highest BCUT2D eigenvalue weighted by atomic mass is 16.2. The number of nitrogens with zero attached hydrogens (tertiary/aromatic N) is 5. The quantitative estimate of drug-likeness (QED) is 0.553. The zero-order valence-corrected chi connectivity index (χ0v) is 18.9. The first-order valence-corrected chi connectivity index (χ1v) is 11.7. The van der Waals surface area contributed by atoms with Crippen LogP contribution in [0.4, 0.5) is 22.2 Å². The highest BCUT2D eigenvalue weighted by molar-refractivity contribution is 5.90. The van der Waals surface area contributed by atoms with Crippen LogP contribution >= 0.6 is 0 Å². The molecule has 9 heteroatoms. The van der Waals surface area contributed by atoms with E-state index in [1.165, 1.54) is 12.8 Å². The van der Waals surface area contributed by atoms with E-state index >= 15 is 0 Å². The number of pyridine rings is 1. The molecule has 172 valence electrons. The van der Waals surface area contributed by atoms with Crippen LogP contribution in [-0.4, -0.2) is 58.2 Å². The number of fused-ring (bicyclic) bond motifs is 1. The minimum absolute atomic E-state index is 0.214. The molecule has 3 N–H and O–H groups in total. The third-order valence-electron chi connectivity index (χ3n) is 6.26. The molecule has 1 saturated heterocycles. The molecule has 2 amide bonds. The molecule has 3 heterocycles. The molecular formula is C24H30N8O. The molecule has 0 radical (unpaired) electrons. The fraction of sp³-hybridized carbons (Fsp3) is 0.417. The predicted molar refractivity (Wildman–Crippen MR) is 130 cm³/mol. The van der Waals surface area contributed by atoms with E-state index in [2.05, 4.69) is 43.1 Å². The van der Waals surface area contributed by atoms with Gasteiger partial charge in [0.05, 0.1) is 5.69 Å². The molecule has 2 aromatic heterocycles. The van der Waals surface area contributed by atoms with Crippen LogP contribution in [0.1, 0.15) is 31.2 Å². The van der Waals surface area contributed by atoms with Crippen molar-refractivity contribution in [3.05, 3.63) is 48.2 Å². The number of aryl methyl sites for hydroxylation is 1. The molecule has 1 aliphatic carbocycles. The number of urea groups is 1. The van der Waals surface area contributed by atoms with Crippen molar-refractivity contribution in [2.45, 2.75) is 38.6 Å². The molecule has 1 aliphatic heterocycles. The van der Waals surface area contributed by atoms with Crippen LogP contribution in [-0.2, 0) is 0 Å². The average molecular weight is 447 g/mol. The Hall–Kier alpha value is -3.30. The van der Waals surface area contributed by atoms with Gasteiger partial charge in [0.15, 0.2) is 5.65 Å². The molecule has 0 unspecified atom stereocenters. The van der Waals surface area contributed by atoms with Crippen molar-refractivity contribution in [1.29, 1.82) is 0 Å². The van der Waals surface area contributed by atoms with E-state index in [1.807, 2.05) is 37.4 Å². The van der Waals surface area contributed by atoms with Crippen LogP contribution in [0.5, 0.6) is 0 Å². The highest BCUT2D eigenvalue weighted by Crippen LogP contribution is 2.27. The summed E-state index contributed by atoms with van der Waals surface area (Å²) in [6.45, 7) is 5.49. The summed E-state index contributed by atoms with van der Waals surface area (Å²) in [4.78, 5) is 26.6. The Balaban J connectivity index is 1.45. The number of hydrazine groups is 1. The number of anilines is 3. The van der Waals surface area contributed by atoms with E-state index in [9.17, 15) is 4.79 Å². The Morgan fingerprint density at radius 3 is 2.64 bits per heavy atom. The number of hydrogen-bond acceptors (Lipinski definition) is 7. The van der Waals surface area contributed by atoms with Crippen LogP contribution in [0.2, 0.25) is 0 Å². The second-order valence-electron chi connectivity index (χ2n) is 8.66. The molecule has 0 atom stereocenters. The second-order valence-corrected chi connectivity index (χ2v) is 8.66. The van der Waals surface area contributed by atoms with Crippen LogP contribution in [0.15, 0.2) is 42.6 Å². The Bertz CT molecular complexity index is 1110. The van der Waals surface area contributed by atoms with Gasteiger partial charge in [0.2, 0.25) is 5.95 Å². The fourth-order valence-electron chi connectivity index (χ4n) is 4.56. The summed E-state index contributed by atoms with van der Waals surface area (Å²) in [6, 6.07) is 12.0. The zero-order chi connectivity index (χ0) is 22.6. The number of carbonyl (C=O) groups is 1. The number of carbonyl (C=O) groups excluding carboxylic acids is 1. The molecule has 2 fully saturated rings. The van der Waals surface area contributed by atoms with Crippen molar-refractivity contribution in [2.24, 2.45) is 0 Å². The fourth-order valence-corrected chi connectivity index (χ4v) is 4.56. The molecule has 2 aliphatic rings. The summed E-state index contributed by atoms with van der Waals surface area (Å²) in [5.74, 6) is 1.06.